The lowest BCUT2D eigenvalue weighted by Crippen LogP contribution is -2.35. The van der Waals surface area contributed by atoms with Gasteiger partial charge in [0.15, 0.2) is 5.13 Å². The molecular formula is C20H27N3O3S. The molecule has 1 aliphatic rings. The van der Waals surface area contributed by atoms with Crippen LogP contribution in [0.4, 0.5) is 5.13 Å². The number of hydrogen-bond acceptors (Lipinski definition) is 6. The molecule has 1 amide bonds. The van der Waals surface area contributed by atoms with Crippen molar-refractivity contribution in [2.45, 2.75) is 39.3 Å². The van der Waals surface area contributed by atoms with E-state index in [1.54, 1.807) is 0 Å². The molecule has 2 N–H and O–H groups in total. The zero-order valence-corrected chi connectivity index (χ0v) is 16.7. The van der Waals surface area contributed by atoms with Crippen molar-refractivity contribution in [3.05, 3.63) is 40.9 Å². The highest BCUT2D eigenvalue weighted by Crippen LogP contribution is 2.32. The maximum absolute atomic E-state index is 11.1. The molecule has 2 aromatic rings. The number of nitrogens with zero attached hydrogens (tertiary/aromatic N) is 2. The van der Waals surface area contributed by atoms with E-state index in [2.05, 4.69) is 15.2 Å². The van der Waals surface area contributed by atoms with Gasteiger partial charge in [-0.3, -0.25) is 9.69 Å². The van der Waals surface area contributed by atoms with E-state index < -0.39 is 6.10 Å². The van der Waals surface area contributed by atoms with E-state index >= 15 is 0 Å². The predicted octanol–water partition coefficient (Wildman–Crippen LogP) is 3.45. The van der Waals surface area contributed by atoms with Crippen molar-refractivity contribution < 1.29 is 14.6 Å². The number of aromatic nitrogens is 1. The number of rotatable bonds is 7. The number of hydrogen-bond donors (Lipinski definition) is 2. The third-order valence-electron chi connectivity index (χ3n) is 4.83. The van der Waals surface area contributed by atoms with Gasteiger partial charge in [0, 0.05) is 18.8 Å². The first-order valence-electron chi connectivity index (χ1n) is 9.40. The van der Waals surface area contributed by atoms with Gasteiger partial charge in [-0.25, -0.2) is 4.98 Å². The number of anilines is 1. The molecular weight excluding hydrogens is 362 g/mol. The Kier molecular flexibility index (Phi) is 6.82. The summed E-state index contributed by atoms with van der Waals surface area (Å²) in [4.78, 5) is 17.9. The molecule has 1 atom stereocenters. The lowest BCUT2D eigenvalue weighted by atomic mass is 9.87. The Morgan fingerprint density at radius 1 is 1.37 bits per heavy atom. The van der Waals surface area contributed by atoms with Crippen LogP contribution in [0.3, 0.4) is 0 Å². The summed E-state index contributed by atoms with van der Waals surface area (Å²) in [5.74, 6) is 1.01. The van der Waals surface area contributed by atoms with Crippen LogP contribution in [-0.2, 0) is 11.3 Å². The predicted molar refractivity (Wildman–Crippen MR) is 107 cm³/mol. The molecule has 0 radical (unpaired) electrons. The number of carbonyl (C=O) groups is 1. The zero-order valence-electron chi connectivity index (χ0n) is 15.9. The van der Waals surface area contributed by atoms with Crippen molar-refractivity contribution in [3.8, 4) is 5.75 Å². The quantitative estimate of drug-likeness (QED) is 0.759. The molecule has 146 valence electrons. The van der Waals surface area contributed by atoms with E-state index in [1.165, 1.54) is 18.3 Å². The lowest BCUT2D eigenvalue weighted by Gasteiger charge is -2.34. The number of amides is 1. The Bertz CT molecular complexity index is 739. The van der Waals surface area contributed by atoms with E-state index in [0.717, 1.165) is 49.5 Å². The second kappa shape index (κ2) is 9.30. The third-order valence-corrected chi connectivity index (χ3v) is 5.64. The molecule has 2 heterocycles. The SMILES string of the molecule is CCOc1ccc(C(O)C2CCN(Cc3csc(NC(C)=O)n3)CC2)cc1. The van der Waals surface area contributed by atoms with Crippen molar-refractivity contribution in [2.75, 3.05) is 25.0 Å². The van der Waals surface area contributed by atoms with Crippen molar-refractivity contribution in [2.24, 2.45) is 5.92 Å². The summed E-state index contributed by atoms with van der Waals surface area (Å²) in [6.07, 6.45) is 1.47. The van der Waals surface area contributed by atoms with Crippen LogP contribution in [0.5, 0.6) is 5.75 Å². The minimum absolute atomic E-state index is 0.0972. The maximum atomic E-state index is 11.1. The van der Waals surface area contributed by atoms with Gasteiger partial charge in [0.25, 0.3) is 0 Å². The van der Waals surface area contributed by atoms with Gasteiger partial charge in [-0.05, 0) is 56.5 Å². The van der Waals surface area contributed by atoms with Crippen LogP contribution in [0.2, 0.25) is 0 Å². The highest BCUT2D eigenvalue weighted by Gasteiger charge is 2.26. The molecule has 1 aromatic carbocycles. The van der Waals surface area contributed by atoms with Crippen molar-refractivity contribution >= 4 is 22.4 Å². The van der Waals surface area contributed by atoms with Gasteiger partial charge in [0.1, 0.15) is 5.75 Å². The molecule has 0 saturated carbocycles. The number of nitrogens with one attached hydrogen (secondary N) is 1. The van der Waals surface area contributed by atoms with Crippen molar-refractivity contribution in [3.63, 3.8) is 0 Å². The number of ether oxygens (including phenoxy) is 1. The Morgan fingerprint density at radius 3 is 2.70 bits per heavy atom. The highest BCUT2D eigenvalue weighted by atomic mass is 32.1. The van der Waals surface area contributed by atoms with Crippen LogP contribution in [-0.4, -0.2) is 40.6 Å². The van der Waals surface area contributed by atoms with Gasteiger partial charge in [0.05, 0.1) is 18.4 Å². The van der Waals surface area contributed by atoms with Gasteiger partial charge in [0.2, 0.25) is 5.91 Å². The first kappa shape index (κ1) is 19.8. The first-order chi connectivity index (χ1) is 13.0. The van der Waals surface area contributed by atoms with Gasteiger partial charge in [-0.2, -0.15) is 0 Å². The van der Waals surface area contributed by atoms with E-state index in [4.69, 9.17) is 4.74 Å². The molecule has 0 bridgehead atoms. The Labute approximate surface area is 164 Å². The van der Waals surface area contributed by atoms with Crippen molar-refractivity contribution in [1.29, 1.82) is 0 Å². The van der Waals surface area contributed by atoms with Crippen LogP contribution < -0.4 is 10.1 Å². The number of piperidine rings is 1. The molecule has 6 nitrogen and oxygen atoms in total. The van der Waals surface area contributed by atoms with Crippen LogP contribution >= 0.6 is 11.3 Å². The van der Waals surface area contributed by atoms with Gasteiger partial charge >= 0.3 is 0 Å². The largest absolute Gasteiger partial charge is 0.494 e. The highest BCUT2D eigenvalue weighted by molar-refractivity contribution is 7.13. The smallest absolute Gasteiger partial charge is 0.223 e. The summed E-state index contributed by atoms with van der Waals surface area (Å²) < 4.78 is 5.46. The average Bonchev–Trinajstić information content (AvgIpc) is 3.09. The summed E-state index contributed by atoms with van der Waals surface area (Å²) in [6, 6.07) is 7.76. The van der Waals surface area contributed by atoms with Crippen LogP contribution in [0.1, 0.15) is 44.1 Å². The molecule has 0 spiro atoms. The normalized spacial score (nSPS) is 16.9. The fourth-order valence-corrected chi connectivity index (χ4v) is 4.19. The number of benzene rings is 1. The molecule has 0 aliphatic carbocycles. The fourth-order valence-electron chi connectivity index (χ4n) is 3.44. The fraction of sp³-hybridized carbons (Fsp3) is 0.500. The molecule has 1 fully saturated rings. The topological polar surface area (TPSA) is 74.7 Å². The molecule has 27 heavy (non-hydrogen) atoms. The van der Waals surface area contributed by atoms with E-state index in [9.17, 15) is 9.90 Å². The van der Waals surface area contributed by atoms with Gasteiger partial charge in [-0.1, -0.05) is 12.1 Å². The minimum atomic E-state index is -0.437. The molecule has 1 aromatic heterocycles. The summed E-state index contributed by atoms with van der Waals surface area (Å²) in [7, 11) is 0. The molecule has 1 aliphatic heterocycles. The van der Waals surface area contributed by atoms with Crippen LogP contribution in [0, 0.1) is 5.92 Å². The Morgan fingerprint density at radius 2 is 2.07 bits per heavy atom. The molecule has 3 rings (SSSR count). The van der Waals surface area contributed by atoms with Gasteiger partial charge < -0.3 is 15.2 Å². The number of likely N-dealkylation sites (tertiary alicyclic amines) is 1. The average molecular weight is 390 g/mol. The second-order valence-corrected chi connectivity index (χ2v) is 7.74. The van der Waals surface area contributed by atoms with Crippen LogP contribution in [0.15, 0.2) is 29.6 Å². The zero-order chi connectivity index (χ0) is 19.2. The van der Waals surface area contributed by atoms with Gasteiger partial charge in [-0.15, -0.1) is 11.3 Å². The first-order valence-corrected chi connectivity index (χ1v) is 10.3. The minimum Gasteiger partial charge on any atom is -0.494 e. The number of aliphatic hydroxyl groups is 1. The summed E-state index contributed by atoms with van der Waals surface area (Å²) >= 11 is 1.45. The number of thiazole rings is 1. The van der Waals surface area contributed by atoms with E-state index in [-0.39, 0.29) is 11.8 Å². The maximum Gasteiger partial charge on any atom is 0.223 e. The molecule has 7 heteroatoms. The summed E-state index contributed by atoms with van der Waals surface area (Å²) in [5, 5.41) is 16.1. The Balaban J connectivity index is 1.49. The second-order valence-electron chi connectivity index (χ2n) is 6.89. The standard InChI is InChI=1S/C20H27N3O3S/c1-3-26-18-6-4-15(5-7-18)19(25)16-8-10-23(11-9-16)12-17-13-27-20(22-17)21-14(2)24/h4-7,13,16,19,25H,3,8-12H2,1-2H3,(H,21,22,24). The van der Waals surface area contributed by atoms with E-state index in [1.807, 2.05) is 36.6 Å². The summed E-state index contributed by atoms with van der Waals surface area (Å²) in [5.41, 5.74) is 1.94. The Hall–Kier alpha value is -1.96. The number of carbonyl (C=O) groups excluding carboxylic acids is 1. The number of aliphatic hydroxyl groups excluding tert-OH is 1. The lowest BCUT2D eigenvalue weighted by molar-refractivity contribution is -0.114. The van der Waals surface area contributed by atoms with Crippen molar-refractivity contribution in [1.82, 2.24) is 9.88 Å². The van der Waals surface area contributed by atoms with Crippen LogP contribution in [0.25, 0.3) is 0 Å². The van der Waals surface area contributed by atoms with E-state index in [0.29, 0.717) is 11.7 Å². The third kappa shape index (κ3) is 5.51. The monoisotopic (exact) mass is 389 g/mol. The summed E-state index contributed by atoms with van der Waals surface area (Å²) in [6.45, 7) is 6.75. The molecule has 1 unspecified atom stereocenters. The molecule has 1 saturated heterocycles.